The van der Waals surface area contributed by atoms with Gasteiger partial charge in [-0.05, 0) is 31.5 Å². The Bertz CT molecular complexity index is 920. The molecule has 8 nitrogen and oxygen atoms in total. The summed E-state index contributed by atoms with van der Waals surface area (Å²) in [4.78, 5) is 4.49. The normalized spacial score (nSPS) is 12.8. The number of ether oxygens (including phenoxy) is 2. The maximum absolute atomic E-state index is 12.2. The first-order chi connectivity index (χ1) is 14.9. The highest BCUT2D eigenvalue weighted by Gasteiger charge is 2.11. The standard InChI is InChI=1S/C22H32N4O4S/c1-4-23-22(25-16-18(2)30-21-13-9-8-12-20(21)29-3)24-14-15-31(27,28)26-17-19-10-6-5-7-11-19/h5-13,18,26H,4,14-17H2,1-3H3,(H2,23,24,25). The van der Waals surface area contributed by atoms with Gasteiger partial charge in [0.15, 0.2) is 17.5 Å². The van der Waals surface area contributed by atoms with E-state index in [2.05, 4.69) is 20.3 Å². The van der Waals surface area contributed by atoms with Gasteiger partial charge in [0.2, 0.25) is 10.0 Å². The van der Waals surface area contributed by atoms with E-state index in [4.69, 9.17) is 9.47 Å². The maximum atomic E-state index is 12.2. The third-order valence-electron chi connectivity index (χ3n) is 4.25. The summed E-state index contributed by atoms with van der Waals surface area (Å²) in [5.41, 5.74) is 0.915. The number of nitrogens with zero attached hydrogens (tertiary/aromatic N) is 1. The van der Waals surface area contributed by atoms with E-state index < -0.39 is 10.0 Å². The molecule has 9 heteroatoms. The van der Waals surface area contributed by atoms with Crippen molar-refractivity contribution in [3.05, 3.63) is 60.2 Å². The van der Waals surface area contributed by atoms with Gasteiger partial charge in [-0.15, -0.1) is 0 Å². The van der Waals surface area contributed by atoms with Crippen LogP contribution in [-0.2, 0) is 16.6 Å². The van der Waals surface area contributed by atoms with Crippen molar-refractivity contribution >= 4 is 16.0 Å². The molecule has 0 heterocycles. The second-order valence-electron chi connectivity index (χ2n) is 6.85. The third kappa shape index (κ3) is 9.27. The van der Waals surface area contributed by atoms with Crippen molar-refractivity contribution in [1.29, 1.82) is 0 Å². The van der Waals surface area contributed by atoms with Crippen LogP contribution in [0.4, 0.5) is 0 Å². The van der Waals surface area contributed by atoms with E-state index in [1.165, 1.54) is 0 Å². The Kier molecular flexibility index (Phi) is 10.1. The van der Waals surface area contributed by atoms with E-state index in [1.54, 1.807) is 7.11 Å². The van der Waals surface area contributed by atoms with Crippen LogP contribution in [0.25, 0.3) is 0 Å². The third-order valence-corrected chi connectivity index (χ3v) is 5.58. The van der Waals surface area contributed by atoms with Gasteiger partial charge >= 0.3 is 0 Å². The molecule has 170 valence electrons. The SMILES string of the molecule is CCNC(=NCC(C)Oc1ccccc1OC)NCCS(=O)(=O)NCc1ccccc1. The number of para-hydroxylation sites is 2. The molecule has 0 saturated heterocycles. The van der Waals surface area contributed by atoms with Crippen LogP contribution in [0, 0.1) is 0 Å². The molecule has 2 aromatic carbocycles. The minimum Gasteiger partial charge on any atom is -0.493 e. The Labute approximate surface area is 185 Å². The highest BCUT2D eigenvalue weighted by molar-refractivity contribution is 7.89. The minimum atomic E-state index is -3.40. The Morgan fingerprint density at radius 2 is 1.71 bits per heavy atom. The van der Waals surface area contributed by atoms with Crippen molar-refractivity contribution in [3.8, 4) is 11.5 Å². The summed E-state index contributed by atoms with van der Waals surface area (Å²) in [5.74, 6) is 1.80. The van der Waals surface area contributed by atoms with Crippen molar-refractivity contribution in [1.82, 2.24) is 15.4 Å². The lowest BCUT2D eigenvalue weighted by molar-refractivity contribution is 0.219. The fraction of sp³-hybridized carbons (Fsp3) is 0.409. The van der Waals surface area contributed by atoms with Crippen molar-refractivity contribution < 1.29 is 17.9 Å². The van der Waals surface area contributed by atoms with Gasteiger partial charge in [0.05, 0.1) is 19.4 Å². The van der Waals surface area contributed by atoms with Crippen molar-refractivity contribution in [2.24, 2.45) is 4.99 Å². The van der Waals surface area contributed by atoms with Gasteiger partial charge in [-0.25, -0.2) is 18.1 Å². The van der Waals surface area contributed by atoms with Gasteiger partial charge in [-0.3, -0.25) is 0 Å². The first-order valence-corrected chi connectivity index (χ1v) is 11.9. The Morgan fingerprint density at radius 1 is 1.03 bits per heavy atom. The van der Waals surface area contributed by atoms with Gasteiger partial charge in [-0.2, -0.15) is 0 Å². The number of rotatable bonds is 12. The van der Waals surface area contributed by atoms with E-state index in [0.29, 0.717) is 30.5 Å². The summed E-state index contributed by atoms with van der Waals surface area (Å²) in [6.07, 6.45) is -0.192. The molecule has 0 aliphatic rings. The van der Waals surface area contributed by atoms with Crippen LogP contribution in [0.1, 0.15) is 19.4 Å². The Hall–Kier alpha value is -2.78. The van der Waals surface area contributed by atoms with Crippen LogP contribution in [0.15, 0.2) is 59.6 Å². The topological polar surface area (TPSA) is 101 Å². The number of sulfonamides is 1. The van der Waals surface area contributed by atoms with Gasteiger partial charge in [0.1, 0.15) is 6.10 Å². The van der Waals surface area contributed by atoms with Crippen LogP contribution >= 0.6 is 0 Å². The number of hydrogen-bond donors (Lipinski definition) is 3. The van der Waals surface area contributed by atoms with Crippen LogP contribution < -0.4 is 24.8 Å². The molecule has 2 aromatic rings. The number of guanidine groups is 1. The smallest absolute Gasteiger partial charge is 0.213 e. The van der Waals surface area contributed by atoms with E-state index >= 15 is 0 Å². The zero-order valence-electron chi connectivity index (χ0n) is 18.3. The number of methoxy groups -OCH3 is 1. The fourth-order valence-corrected chi connectivity index (χ4v) is 3.60. The van der Waals surface area contributed by atoms with Crippen LogP contribution in [0.3, 0.4) is 0 Å². The lowest BCUT2D eigenvalue weighted by Crippen LogP contribution is -2.41. The lowest BCUT2D eigenvalue weighted by Gasteiger charge is -2.16. The van der Waals surface area contributed by atoms with Crippen LogP contribution in [0.2, 0.25) is 0 Å². The molecule has 3 N–H and O–H groups in total. The predicted molar refractivity (Wildman–Crippen MR) is 124 cm³/mol. The Morgan fingerprint density at radius 3 is 2.39 bits per heavy atom. The van der Waals surface area contributed by atoms with E-state index in [1.807, 2.05) is 68.4 Å². The molecule has 0 aliphatic carbocycles. The zero-order valence-corrected chi connectivity index (χ0v) is 19.1. The molecule has 2 rings (SSSR count). The maximum Gasteiger partial charge on any atom is 0.213 e. The molecule has 31 heavy (non-hydrogen) atoms. The number of hydrogen-bond acceptors (Lipinski definition) is 5. The van der Waals surface area contributed by atoms with Gasteiger partial charge in [-0.1, -0.05) is 42.5 Å². The quantitative estimate of drug-likeness (QED) is 0.340. The van der Waals surface area contributed by atoms with E-state index in [-0.39, 0.29) is 24.9 Å². The highest BCUT2D eigenvalue weighted by atomic mass is 32.2. The monoisotopic (exact) mass is 448 g/mol. The molecule has 0 bridgehead atoms. The van der Waals surface area contributed by atoms with Gasteiger partial charge in [0.25, 0.3) is 0 Å². The van der Waals surface area contributed by atoms with Gasteiger partial charge in [0, 0.05) is 19.6 Å². The molecule has 0 fully saturated rings. The molecule has 0 spiro atoms. The second-order valence-corrected chi connectivity index (χ2v) is 8.78. The van der Waals surface area contributed by atoms with E-state index in [9.17, 15) is 8.42 Å². The number of nitrogens with one attached hydrogen (secondary N) is 3. The molecule has 0 aromatic heterocycles. The predicted octanol–water partition coefficient (Wildman–Crippen LogP) is 2.14. The molecular weight excluding hydrogens is 416 g/mol. The Balaban J connectivity index is 1.82. The second kappa shape index (κ2) is 12.8. The largest absolute Gasteiger partial charge is 0.493 e. The first kappa shape index (κ1) is 24.5. The summed E-state index contributed by atoms with van der Waals surface area (Å²) in [5, 5.41) is 6.17. The summed E-state index contributed by atoms with van der Waals surface area (Å²) < 4.78 is 38.3. The molecular formula is C22H32N4O4S. The number of aliphatic imine (C=N–C) groups is 1. The van der Waals surface area contributed by atoms with Crippen LogP contribution in [-0.4, -0.2) is 53.0 Å². The summed E-state index contributed by atoms with van der Waals surface area (Å²) in [7, 11) is -1.81. The van der Waals surface area contributed by atoms with Gasteiger partial charge < -0.3 is 20.1 Å². The average molecular weight is 449 g/mol. The molecule has 0 aliphatic heterocycles. The van der Waals surface area contributed by atoms with Crippen LogP contribution in [0.5, 0.6) is 11.5 Å². The van der Waals surface area contributed by atoms with Crippen molar-refractivity contribution in [2.75, 3.05) is 32.5 Å². The fourth-order valence-electron chi connectivity index (χ4n) is 2.70. The van der Waals surface area contributed by atoms with Crippen molar-refractivity contribution in [2.45, 2.75) is 26.5 Å². The summed E-state index contributed by atoms with van der Waals surface area (Å²) >= 11 is 0. The zero-order chi connectivity index (χ0) is 22.5. The lowest BCUT2D eigenvalue weighted by atomic mass is 10.2. The highest BCUT2D eigenvalue weighted by Crippen LogP contribution is 2.26. The molecule has 0 radical (unpaired) electrons. The molecule has 0 saturated carbocycles. The van der Waals surface area contributed by atoms with E-state index in [0.717, 1.165) is 5.56 Å². The molecule has 1 unspecified atom stereocenters. The minimum absolute atomic E-state index is 0.0580. The first-order valence-electron chi connectivity index (χ1n) is 10.3. The molecule has 1 atom stereocenters. The van der Waals surface area contributed by atoms with Crippen molar-refractivity contribution in [3.63, 3.8) is 0 Å². The average Bonchev–Trinajstić information content (AvgIpc) is 2.77. The molecule has 0 amide bonds. The summed E-state index contributed by atoms with van der Waals surface area (Å²) in [6, 6.07) is 16.8. The summed E-state index contributed by atoms with van der Waals surface area (Å²) in [6.45, 7) is 5.42. The number of benzene rings is 2.